The van der Waals surface area contributed by atoms with E-state index in [1.54, 1.807) is 0 Å². The molecule has 0 fully saturated rings. The smallest absolute Gasteiger partial charge is 0.179 e. The van der Waals surface area contributed by atoms with Gasteiger partial charge in [-0.1, -0.05) is 146 Å². The van der Waals surface area contributed by atoms with Crippen molar-refractivity contribution in [3.63, 3.8) is 0 Å². The van der Waals surface area contributed by atoms with Gasteiger partial charge in [-0.3, -0.25) is 0 Å². The quantitative estimate of drug-likeness (QED) is 0.169. The molecule has 2 nitrogen and oxygen atoms in total. The molecule has 0 spiro atoms. The number of benzene rings is 10. The molecule has 0 aliphatic rings. The van der Waals surface area contributed by atoms with E-state index >= 15 is 0 Å². The lowest BCUT2D eigenvalue weighted by Gasteiger charge is -2.18. The second kappa shape index (κ2) is 11.7. The molecular weight excluding hydrogens is 713 g/mol. The number of hydrogen-bond donors (Lipinski definition) is 0. The maximum absolute atomic E-state index is 6.58. The molecule has 57 heavy (non-hydrogen) atoms. The van der Waals surface area contributed by atoms with Crippen LogP contribution >= 0.6 is 11.3 Å². The summed E-state index contributed by atoms with van der Waals surface area (Å²) in [7, 11) is 0. The Labute approximate surface area is 330 Å². The molecule has 3 heteroatoms. The topological polar surface area (TPSA) is 26.3 Å². The third-order valence-corrected chi connectivity index (χ3v) is 13.2. The van der Waals surface area contributed by atoms with Crippen molar-refractivity contribution in [2.24, 2.45) is 0 Å². The van der Waals surface area contributed by atoms with Gasteiger partial charge in [-0.15, -0.1) is 11.3 Å². The van der Waals surface area contributed by atoms with Crippen LogP contribution < -0.4 is 0 Å². The summed E-state index contributed by atoms with van der Waals surface area (Å²) in [6.45, 7) is 0. The molecule has 10 aromatic carbocycles. The van der Waals surface area contributed by atoms with Crippen molar-refractivity contribution in [2.75, 3.05) is 0 Å². The minimum absolute atomic E-state index is 0.797. The third-order valence-electron chi connectivity index (χ3n) is 12.1. The fraction of sp³-hybridized carbons (Fsp3) is 0. The molecule has 0 unspecified atom stereocenters. The highest BCUT2D eigenvalue weighted by atomic mass is 32.1. The van der Waals surface area contributed by atoms with Gasteiger partial charge in [-0.2, -0.15) is 0 Å². The van der Waals surface area contributed by atoms with E-state index in [-0.39, 0.29) is 0 Å². The summed E-state index contributed by atoms with van der Waals surface area (Å²) in [6, 6.07) is 66.2. The van der Waals surface area contributed by atoms with Crippen molar-refractivity contribution < 1.29 is 8.83 Å². The largest absolute Gasteiger partial charge is 0.452 e. The Kier molecular flexibility index (Phi) is 6.35. The Morgan fingerprint density at radius 3 is 1.68 bits per heavy atom. The van der Waals surface area contributed by atoms with Crippen LogP contribution in [0.4, 0.5) is 0 Å². The molecule has 13 aromatic rings. The molecule has 0 aliphatic carbocycles. The summed E-state index contributed by atoms with van der Waals surface area (Å²) in [5.74, 6) is 0. The zero-order chi connectivity index (χ0) is 37.2. The fourth-order valence-electron chi connectivity index (χ4n) is 9.57. The zero-order valence-corrected chi connectivity index (χ0v) is 31.4. The van der Waals surface area contributed by atoms with Gasteiger partial charge >= 0.3 is 0 Å². The van der Waals surface area contributed by atoms with E-state index in [0.29, 0.717) is 0 Å². The average molecular weight is 743 g/mol. The Morgan fingerprint density at radius 1 is 0.316 bits per heavy atom. The molecule has 0 N–H and O–H groups in total. The minimum atomic E-state index is 0.797. The summed E-state index contributed by atoms with van der Waals surface area (Å²) in [5.41, 5.74) is 10.7. The number of hydrogen-bond acceptors (Lipinski definition) is 3. The van der Waals surface area contributed by atoms with E-state index in [1.165, 1.54) is 74.7 Å². The molecule has 0 aliphatic heterocycles. The maximum Gasteiger partial charge on any atom is 0.179 e. The van der Waals surface area contributed by atoms with Crippen molar-refractivity contribution in [3.05, 3.63) is 182 Å². The Morgan fingerprint density at radius 2 is 0.912 bits per heavy atom. The van der Waals surface area contributed by atoms with Crippen LogP contribution in [0.3, 0.4) is 0 Å². The van der Waals surface area contributed by atoms with Gasteiger partial charge in [0.15, 0.2) is 11.2 Å². The summed E-state index contributed by atoms with van der Waals surface area (Å²) in [5, 5.41) is 14.5. The van der Waals surface area contributed by atoms with Crippen LogP contribution in [-0.2, 0) is 0 Å². The van der Waals surface area contributed by atoms with E-state index in [1.807, 2.05) is 35.6 Å². The number of furan rings is 2. The highest BCUT2D eigenvalue weighted by Crippen LogP contribution is 2.48. The lowest BCUT2D eigenvalue weighted by atomic mass is 9.84. The van der Waals surface area contributed by atoms with Crippen molar-refractivity contribution in [3.8, 4) is 33.4 Å². The van der Waals surface area contributed by atoms with Crippen LogP contribution in [0, 0.1) is 0 Å². The molecule has 264 valence electrons. The molecule has 0 atom stereocenters. The van der Waals surface area contributed by atoms with E-state index in [9.17, 15) is 0 Å². The summed E-state index contributed by atoms with van der Waals surface area (Å²) in [6.07, 6.45) is 0. The van der Waals surface area contributed by atoms with Gasteiger partial charge in [0.05, 0.1) is 0 Å². The van der Waals surface area contributed by atoms with Gasteiger partial charge in [0.1, 0.15) is 11.2 Å². The van der Waals surface area contributed by atoms with Gasteiger partial charge in [0.25, 0.3) is 0 Å². The van der Waals surface area contributed by atoms with Gasteiger partial charge in [0.2, 0.25) is 0 Å². The molecule has 0 saturated heterocycles. The number of para-hydroxylation sites is 2. The molecule has 3 heterocycles. The molecule has 3 aromatic heterocycles. The number of fused-ring (bicyclic) bond motifs is 13. The summed E-state index contributed by atoms with van der Waals surface area (Å²) < 4.78 is 15.6. The Balaban J connectivity index is 1.03. The summed E-state index contributed by atoms with van der Waals surface area (Å²) >= 11 is 1.87. The SMILES string of the molecule is c1ccc2c(-c3c4ccccc4c(-c4ccc5c(c4)sc4ccc(-c6cc7c8ccccc8oc7c7oc8ccccc8c67)cc45)c4ccccc34)cccc2c1. The Bertz CT molecular complexity index is 3760. The highest BCUT2D eigenvalue weighted by Gasteiger charge is 2.22. The fourth-order valence-corrected chi connectivity index (χ4v) is 10.7. The number of thiophene rings is 1. The third kappa shape index (κ3) is 4.40. The monoisotopic (exact) mass is 742 g/mol. The van der Waals surface area contributed by atoms with Gasteiger partial charge < -0.3 is 8.83 Å². The van der Waals surface area contributed by atoms with Gasteiger partial charge in [-0.25, -0.2) is 0 Å². The summed E-state index contributed by atoms with van der Waals surface area (Å²) in [4.78, 5) is 0. The number of rotatable bonds is 3. The van der Waals surface area contributed by atoms with Crippen LogP contribution in [-0.4, -0.2) is 0 Å². The molecule has 0 saturated carbocycles. The predicted octanol–water partition coefficient (Wildman–Crippen LogP) is 16.3. The maximum atomic E-state index is 6.58. The standard InChI is InChI=1S/C54H30O2S/c1-2-14-34-31(12-1)13-11-21-37(34)51-40-18-5-3-16-38(40)50(39-17-4-6-19-41(39)51)33-24-26-36-44-28-32(25-27-48(44)57-49(36)29-33)43-30-45-35-15-7-9-22-46(35)55-53(45)54-52(43)42-20-8-10-23-47(42)56-54/h1-30H. The first-order valence-corrected chi connectivity index (χ1v) is 20.2. The second-order valence-corrected chi connectivity index (χ2v) is 16.2. The van der Waals surface area contributed by atoms with E-state index in [0.717, 1.165) is 55.0 Å². The predicted molar refractivity (Wildman–Crippen MR) is 243 cm³/mol. The van der Waals surface area contributed by atoms with E-state index in [2.05, 4.69) is 158 Å². The minimum Gasteiger partial charge on any atom is -0.452 e. The van der Waals surface area contributed by atoms with Crippen LogP contribution in [0.2, 0.25) is 0 Å². The van der Waals surface area contributed by atoms with Crippen molar-refractivity contribution in [1.29, 1.82) is 0 Å². The van der Waals surface area contributed by atoms with E-state index in [4.69, 9.17) is 8.83 Å². The molecule has 0 bridgehead atoms. The molecule has 13 rings (SSSR count). The molecular formula is C54H30O2S. The normalized spacial score (nSPS) is 12.2. The van der Waals surface area contributed by atoms with Crippen molar-refractivity contribution in [2.45, 2.75) is 0 Å². The van der Waals surface area contributed by atoms with Crippen LogP contribution in [0.15, 0.2) is 191 Å². The van der Waals surface area contributed by atoms with Crippen molar-refractivity contribution >= 4 is 108 Å². The van der Waals surface area contributed by atoms with Crippen LogP contribution in [0.5, 0.6) is 0 Å². The zero-order valence-electron chi connectivity index (χ0n) is 30.5. The first kappa shape index (κ1) is 31.1. The molecule has 0 radical (unpaired) electrons. The van der Waals surface area contributed by atoms with Crippen molar-refractivity contribution in [1.82, 2.24) is 0 Å². The Hall–Kier alpha value is -7.20. The molecule has 0 amide bonds. The average Bonchev–Trinajstić information content (AvgIpc) is 3.96. The van der Waals surface area contributed by atoms with Gasteiger partial charge in [0, 0.05) is 41.7 Å². The van der Waals surface area contributed by atoms with Crippen LogP contribution in [0.25, 0.3) is 130 Å². The van der Waals surface area contributed by atoms with Crippen LogP contribution in [0.1, 0.15) is 0 Å². The van der Waals surface area contributed by atoms with E-state index < -0.39 is 0 Å². The van der Waals surface area contributed by atoms with Gasteiger partial charge in [-0.05, 0) is 102 Å². The first-order valence-electron chi connectivity index (χ1n) is 19.4. The first-order chi connectivity index (χ1) is 28.3. The second-order valence-electron chi connectivity index (χ2n) is 15.1. The lowest BCUT2D eigenvalue weighted by molar-refractivity contribution is 0.633. The lowest BCUT2D eigenvalue weighted by Crippen LogP contribution is -1.91. The highest BCUT2D eigenvalue weighted by molar-refractivity contribution is 7.25.